The van der Waals surface area contributed by atoms with Gasteiger partial charge in [0.15, 0.2) is 10.7 Å². The maximum Gasteiger partial charge on any atom is 0.387 e. The Kier molecular flexibility index (Phi) is 3.59. The van der Waals surface area contributed by atoms with Crippen LogP contribution in [0.15, 0.2) is 48.5 Å². The molecule has 0 aliphatic carbocycles. The third-order valence-corrected chi connectivity index (χ3v) is 2.50. The largest absolute Gasteiger partial charge is 0.502 e. The van der Waals surface area contributed by atoms with E-state index in [0.29, 0.717) is 22.6 Å². The molecule has 0 fully saturated rings. The first-order valence-electron chi connectivity index (χ1n) is 5.49. The average molecular weight is 252 g/mol. The Labute approximate surface area is 109 Å². The summed E-state index contributed by atoms with van der Waals surface area (Å²) in [6, 6.07) is 12.8. The van der Waals surface area contributed by atoms with Crippen molar-refractivity contribution < 1.29 is 9.91 Å². The lowest BCUT2D eigenvalue weighted by molar-refractivity contribution is -0.379. The van der Waals surface area contributed by atoms with Crippen LogP contribution in [0, 0.1) is 5.39 Å². The fourth-order valence-corrected chi connectivity index (χ4v) is 1.55. The molecule has 19 heavy (non-hydrogen) atoms. The highest BCUT2D eigenvalue weighted by Crippen LogP contribution is 2.18. The molecule has 0 radical (unpaired) electrons. The smallest absolute Gasteiger partial charge is 0.387 e. The Morgan fingerprint density at radius 3 is 2.58 bits per heavy atom. The highest BCUT2D eigenvalue weighted by Gasteiger charge is 2.09. The first-order valence-corrected chi connectivity index (χ1v) is 5.49. The van der Waals surface area contributed by atoms with E-state index in [-0.39, 0.29) is 5.91 Å². The molecule has 2 aromatic rings. The van der Waals surface area contributed by atoms with E-state index in [1.165, 1.54) is 0 Å². The van der Waals surface area contributed by atoms with Crippen LogP contribution >= 0.6 is 0 Å². The number of diazo groups is 1. The van der Waals surface area contributed by atoms with Crippen LogP contribution in [0.4, 0.5) is 17.1 Å². The number of nitrogens with one attached hydrogen (secondary N) is 2. The van der Waals surface area contributed by atoms with Gasteiger partial charge in [0.1, 0.15) is 0 Å². The SMILES string of the molecule is N#[N+]c1cccc(NC(=O)c2ccc([NH+]=[N-])cc2)c1. The molecule has 1 amide bonds. The molecule has 2 N–H and O–H groups in total. The topological polar surface area (TPSA) is 93.5 Å². The Morgan fingerprint density at radius 1 is 1.21 bits per heavy atom. The van der Waals surface area contributed by atoms with E-state index >= 15 is 0 Å². The molecule has 0 aromatic heterocycles. The van der Waals surface area contributed by atoms with Crippen LogP contribution in [0.25, 0.3) is 10.5 Å². The van der Waals surface area contributed by atoms with Gasteiger partial charge >= 0.3 is 5.69 Å². The fourth-order valence-electron chi connectivity index (χ4n) is 1.55. The van der Waals surface area contributed by atoms with Gasteiger partial charge in [0.25, 0.3) is 5.91 Å². The van der Waals surface area contributed by atoms with Crippen LogP contribution in [0.2, 0.25) is 0 Å². The number of carbonyl (C=O) groups is 1. The predicted octanol–water partition coefficient (Wildman–Crippen LogP) is 2.16. The minimum atomic E-state index is -0.292. The van der Waals surface area contributed by atoms with Crippen LogP contribution in [0.5, 0.6) is 0 Å². The van der Waals surface area contributed by atoms with Crippen molar-refractivity contribution in [2.75, 3.05) is 5.32 Å². The third-order valence-electron chi connectivity index (χ3n) is 2.50. The third kappa shape index (κ3) is 2.98. The highest BCUT2D eigenvalue weighted by molar-refractivity contribution is 6.04. The molecular weight excluding hydrogens is 242 g/mol. The normalized spacial score (nSPS) is 9.42. The summed E-state index contributed by atoms with van der Waals surface area (Å²) in [6.45, 7) is 0. The van der Waals surface area contributed by atoms with Crippen molar-refractivity contribution in [3.63, 3.8) is 0 Å². The van der Waals surface area contributed by atoms with Gasteiger partial charge in [0.2, 0.25) is 5.39 Å². The summed E-state index contributed by atoms with van der Waals surface area (Å²) in [5, 5.41) is 13.3. The van der Waals surface area contributed by atoms with Crippen molar-refractivity contribution in [3.05, 3.63) is 64.6 Å². The van der Waals surface area contributed by atoms with Gasteiger partial charge in [-0.3, -0.25) is 9.91 Å². The lowest BCUT2D eigenvalue weighted by Crippen LogP contribution is -2.54. The van der Waals surface area contributed by atoms with Crippen LogP contribution in [0.1, 0.15) is 10.4 Å². The van der Waals surface area contributed by atoms with Crippen molar-refractivity contribution in [1.82, 2.24) is 0 Å². The van der Waals surface area contributed by atoms with Gasteiger partial charge in [-0.05, 0) is 18.2 Å². The zero-order valence-electron chi connectivity index (χ0n) is 9.87. The predicted molar refractivity (Wildman–Crippen MR) is 69.6 cm³/mol. The molecular formula is C13H10N5O+. The molecule has 6 nitrogen and oxygen atoms in total. The van der Waals surface area contributed by atoms with E-state index in [4.69, 9.17) is 10.9 Å². The number of anilines is 1. The van der Waals surface area contributed by atoms with Gasteiger partial charge in [-0.1, -0.05) is 6.07 Å². The molecule has 2 aromatic carbocycles. The second-order valence-electron chi connectivity index (χ2n) is 3.79. The van der Waals surface area contributed by atoms with Gasteiger partial charge in [-0.25, -0.2) is 0 Å². The van der Waals surface area contributed by atoms with Crippen molar-refractivity contribution >= 4 is 23.0 Å². The summed E-state index contributed by atoms with van der Waals surface area (Å²) < 4.78 is 0. The number of hydrogen-bond donors (Lipinski definition) is 2. The summed E-state index contributed by atoms with van der Waals surface area (Å²) in [5.74, 6) is -0.292. The Hall–Kier alpha value is -3.07. The van der Waals surface area contributed by atoms with Crippen LogP contribution in [-0.2, 0) is 0 Å². The van der Waals surface area contributed by atoms with Gasteiger partial charge in [-0.2, -0.15) is 0 Å². The molecule has 0 unspecified atom stereocenters. The summed E-state index contributed by atoms with van der Waals surface area (Å²) in [6.07, 6.45) is 0. The zero-order chi connectivity index (χ0) is 13.7. The maximum atomic E-state index is 11.9. The van der Waals surface area contributed by atoms with Crippen molar-refractivity contribution in [2.24, 2.45) is 0 Å². The molecule has 0 aliphatic heterocycles. The summed E-state index contributed by atoms with van der Waals surface area (Å²) in [7, 11) is 0. The molecule has 0 atom stereocenters. The first kappa shape index (κ1) is 12.4. The number of benzene rings is 2. The number of hydrogen-bond acceptors (Lipinski definition) is 2. The number of nitrogens with zero attached hydrogens (tertiary/aromatic N) is 3. The molecule has 2 rings (SSSR count). The van der Waals surface area contributed by atoms with E-state index in [2.05, 4.69) is 10.3 Å². The second-order valence-corrected chi connectivity index (χ2v) is 3.79. The summed E-state index contributed by atoms with van der Waals surface area (Å²) in [4.78, 5) is 15.0. The van der Waals surface area contributed by atoms with E-state index in [9.17, 15) is 4.79 Å². The number of carbonyl (C=O) groups excluding carboxylic acids is 1. The minimum absolute atomic E-state index is 0.292. The molecule has 0 heterocycles. The molecule has 0 bridgehead atoms. The lowest BCUT2D eigenvalue weighted by atomic mass is 10.2. The zero-order valence-corrected chi connectivity index (χ0v) is 9.87. The highest BCUT2D eigenvalue weighted by atomic mass is 16.1. The Bertz CT molecular complexity index is 657. The van der Waals surface area contributed by atoms with Crippen LogP contribution in [0.3, 0.4) is 0 Å². The molecule has 0 saturated carbocycles. The van der Waals surface area contributed by atoms with Crippen LogP contribution in [-0.4, -0.2) is 5.91 Å². The van der Waals surface area contributed by atoms with E-state index < -0.39 is 0 Å². The van der Waals surface area contributed by atoms with Gasteiger partial charge in [0, 0.05) is 29.4 Å². The fraction of sp³-hybridized carbons (Fsp3) is 0. The van der Waals surface area contributed by atoms with Crippen molar-refractivity contribution in [3.8, 4) is 0 Å². The maximum absolute atomic E-state index is 11.9. The first-order chi connectivity index (χ1) is 9.22. The summed E-state index contributed by atoms with van der Waals surface area (Å²) in [5.41, 5.74) is 10.5. The standard InChI is InChI=1S/C13H9N5O/c14-17-10-6-4-9(5-7-10)13(19)16-11-2-1-3-12(8-11)18-15/h1-8,17H/p+1. The monoisotopic (exact) mass is 252 g/mol. The molecule has 0 saturated heterocycles. The second kappa shape index (κ2) is 5.51. The Morgan fingerprint density at radius 2 is 1.95 bits per heavy atom. The van der Waals surface area contributed by atoms with E-state index in [1.807, 2.05) is 5.11 Å². The van der Waals surface area contributed by atoms with Gasteiger partial charge < -0.3 is 10.8 Å². The van der Waals surface area contributed by atoms with Gasteiger partial charge in [0.05, 0.1) is 6.07 Å². The summed E-state index contributed by atoms with van der Waals surface area (Å²) >= 11 is 0. The Balaban J connectivity index is 2.15. The van der Waals surface area contributed by atoms with Crippen molar-refractivity contribution in [1.29, 1.82) is 5.39 Å². The van der Waals surface area contributed by atoms with E-state index in [1.54, 1.807) is 48.5 Å². The molecule has 6 heteroatoms. The molecule has 0 spiro atoms. The van der Waals surface area contributed by atoms with E-state index in [0.717, 1.165) is 0 Å². The molecule has 92 valence electrons. The lowest BCUT2D eigenvalue weighted by Gasteiger charge is -2.03. The average Bonchev–Trinajstić information content (AvgIpc) is 2.47. The number of rotatable bonds is 3. The molecule has 0 aliphatic rings. The van der Waals surface area contributed by atoms with Crippen molar-refractivity contribution in [2.45, 2.75) is 0 Å². The minimum Gasteiger partial charge on any atom is -0.502 e. The number of amides is 1. The van der Waals surface area contributed by atoms with Gasteiger partial charge in [-0.15, -0.1) is 0 Å². The van der Waals surface area contributed by atoms with Crippen LogP contribution < -0.4 is 10.4 Å². The quantitative estimate of drug-likeness (QED) is 0.647.